The number of nitrogens with one attached hydrogen (secondary N) is 2. The highest BCUT2D eigenvalue weighted by molar-refractivity contribution is 6.33. The first-order valence-corrected chi connectivity index (χ1v) is 12.0. The number of amides is 3. The van der Waals surface area contributed by atoms with Crippen molar-refractivity contribution in [3.63, 3.8) is 0 Å². The van der Waals surface area contributed by atoms with Crippen LogP contribution in [0, 0.1) is 0 Å². The Bertz CT molecular complexity index is 917. The molecule has 0 unspecified atom stereocenters. The van der Waals surface area contributed by atoms with Gasteiger partial charge in [-0.25, -0.2) is 9.78 Å². The Morgan fingerprint density at radius 3 is 2.44 bits per heavy atom. The monoisotopic (exact) mass is 458 g/mol. The van der Waals surface area contributed by atoms with E-state index in [0.29, 0.717) is 48.6 Å². The summed E-state index contributed by atoms with van der Waals surface area (Å²) in [6, 6.07) is 7.80. The van der Waals surface area contributed by atoms with Crippen LogP contribution in [0.25, 0.3) is 11.3 Å². The SMILES string of the molecule is O=C(NC1CCCCC1)NC1CCN(C(=O)CCc2ncc(-c3ccccc3Cl)o2)CC1. The van der Waals surface area contributed by atoms with E-state index < -0.39 is 0 Å². The molecule has 1 saturated carbocycles. The number of aryl methyl sites for hydroxylation is 1. The maximum absolute atomic E-state index is 12.6. The van der Waals surface area contributed by atoms with Gasteiger partial charge in [-0.2, -0.15) is 0 Å². The van der Waals surface area contributed by atoms with Crippen LogP contribution < -0.4 is 10.6 Å². The standard InChI is InChI=1S/C24H31ClN4O3/c25-20-9-5-4-8-19(20)21-16-26-22(32-21)10-11-23(30)29-14-12-18(13-15-29)28-24(31)27-17-6-2-1-3-7-17/h4-5,8-9,16-18H,1-3,6-7,10-15H2,(H2,27,28,31). The van der Waals surface area contributed by atoms with Gasteiger partial charge in [0.05, 0.1) is 11.2 Å². The largest absolute Gasteiger partial charge is 0.441 e. The molecule has 3 amide bonds. The molecule has 0 spiro atoms. The van der Waals surface area contributed by atoms with E-state index in [1.807, 2.05) is 23.1 Å². The molecule has 1 aliphatic carbocycles. The molecule has 1 saturated heterocycles. The second kappa shape index (κ2) is 10.9. The summed E-state index contributed by atoms with van der Waals surface area (Å²) >= 11 is 6.21. The van der Waals surface area contributed by atoms with E-state index in [-0.39, 0.29) is 18.0 Å². The summed E-state index contributed by atoms with van der Waals surface area (Å²) in [5.74, 6) is 1.23. The van der Waals surface area contributed by atoms with Crippen LogP contribution in [0.3, 0.4) is 0 Å². The van der Waals surface area contributed by atoms with Crippen LogP contribution in [0.4, 0.5) is 4.79 Å². The quantitative estimate of drug-likeness (QED) is 0.664. The first-order valence-electron chi connectivity index (χ1n) is 11.6. The van der Waals surface area contributed by atoms with Crippen molar-refractivity contribution in [2.24, 2.45) is 0 Å². The molecule has 0 radical (unpaired) electrons. The number of oxazole rings is 1. The van der Waals surface area contributed by atoms with Crippen LogP contribution in [0.15, 0.2) is 34.9 Å². The second-order valence-electron chi connectivity index (χ2n) is 8.71. The zero-order valence-electron chi connectivity index (χ0n) is 18.3. The van der Waals surface area contributed by atoms with Crippen molar-refractivity contribution in [1.29, 1.82) is 0 Å². The van der Waals surface area contributed by atoms with E-state index in [4.69, 9.17) is 16.0 Å². The van der Waals surface area contributed by atoms with E-state index in [2.05, 4.69) is 15.6 Å². The van der Waals surface area contributed by atoms with Gasteiger partial charge in [0, 0.05) is 43.6 Å². The fourth-order valence-electron chi connectivity index (χ4n) is 4.52. The zero-order valence-corrected chi connectivity index (χ0v) is 19.1. The van der Waals surface area contributed by atoms with Crippen LogP contribution in [-0.4, -0.2) is 47.0 Å². The molecular formula is C24H31ClN4O3. The highest BCUT2D eigenvalue weighted by atomic mass is 35.5. The molecular weight excluding hydrogens is 428 g/mol. The number of halogens is 1. The normalized spacial score (nSPS) is 17.8. The molecule has 2 fully saturated rings. The molecule has 172 valence electrons. The summed E-state index contributed by atoms with van der Waals surface area (Å²) < 4.78 is 5.79. The highest BCUT2D eigenvalue weighted by Gasteiger charge is 2.25. The summed E-state index contributed by atoms with van der Waals surface area (Å²) in [6.45, 7) is 1.31. The van der Waals surface area contributed by atoms with Crippen molar-refractivity contribution in [2.75, 3.05) is 13.1 Å². The number of aromatic nitrogens is 1. The number of benzene rings is 1. The molecule has 1 aromatic carbocycles. The maximum atomic E-state index is 12.6. The predicted molar refractivity (Wildman–Crippen MR) is 123 cm³/mol. The Labute approximate surface area is 193 Å². The summed E-state index contributed by atoms with van der Waals surface area (Å²) in [4.78, 5) is 31.0. The first-order chi connectivity index (χ1) is 15.6. The third kappa shape index (κ3) is 6.03. The van der Waals surface area contributed by atoms with Crippen LogP contribution in [0.5, 0.6) is 0 Å². The van der Waals surface area contributed by atoms with Crippen molar-refractivity contribution in [3.05, 3.63) is 41.4 Å². The van der Waals surface area contributed by atoms with E-state index >= 15 is 0 Å². The average Bonchev–Trinajstić information content (AvgIpc) is 3.28. The number of piperidine rings is 1. The number of hydrogen-bond donors (Lipinski definition) is 2. The molecule has 2 aromatic rings. The Balaban J connectivity index is 1.18. The lowest BCUT2D eigenvalue weighted by Gasteiger charge is -2.33. The number of rotatable bonds is 6. The molecule has 2 N–H and O–H groups in total. The Morgan fingerprint density at radius 2 is 1.72 bits per heavy atom. The molecule has 1 aromatic heterocycles. The van der Waals surface area contributed by atoms with Crippen LogP contribution in [0.1, 0.15) is 57.3 Å². The van der Waals surface area contributed by atoms with E-state index in [9.17, 15) is 9.59 Å². The molecule has 8 heteroatoms. The minimum Gasteiger partial charge on any atom is -0.441 e. The predicted octanol–water partition coefficient (Wildman–Crippen LogP) is 4.55. The topological polar surface area (TPSA) is 87.5 Å². The minimum absolute atomic E-state index is 0.0695. The molecule has 1 aliphatic heterocycles. The van der Waals surface area contributed by atoms with Crippen LogP contribution in [-0.2, 0) is 11.2 Å². The van der Waals surface area contributed by atoms with E-state index in [1.165, 1.54) is 19.3 Å². The van der Waals surface area contributed by atoms with Gasteiger partial charge in [0.15, 0.2) is 11.7 Å². The summed E-state index contributed by atoms with van der Waals surface area (Å²) in [7, 11) is 0. The van der Waals surface area contributed by atoms with Crippen molar-refractivity contribution in [2.45, 2.75) is 69.9 Å². The van der Waals surface area contributed by atoms with Crippen molar-refractivity contribution in [1.82, 2.24) is 20.5 Å². The number of carbonyl (C=O) groups excluding carboxylic acids is 2. The smallest absolute Gasteiger partial charge is 0.315 e. The number of nitrogens with zero attached hydrogens (tertiary/aromatic N) is 2. The summed E-state index contributed by atoms with van der Waals surface area (Å²) in [5.41, 5.74) is 0.793. The van der Waals surface area contributed by atoms with E-state index in [0.717, 1.165) is 31.2 Å². The lowest BCUT2D eigenvalue weighted by molar-refractivity contribution is -0.132. The zero-order chi connectivity index (χ0) is 22.3. The fraction of sp³-hybridized carbons (Fsp3) is 0.542. The maximum Gasteiger partial charge on any atom is 0.315 e. The third-order valence-corrected chi connectivity index (χ3v) is 6.70. The van der Waals surface area contributed by atoms with Gasteiger partial charge in [0.1, 0.15) is 0 Å². The molecule has 4 rings (SSSR count). The lowest BCUT2D eigenvalue weighted by Crippen LogP contribution is -2.51. The van der Waals surface area contributed by atoms with Gasteiger partial charge in [-0.3, -0.25) is 4.79 Å². The van der Waals surface area contributed by atoms with E-state index in [1.54, 1.807) is 12.3 Å². The average molecular weight is 459 g/mol. The van der Waals surface area contributed by atoms with Crippen molar-refractivity contribution < 1.29 is 14.0 Å². The lowest BCUT2D eigenvalue weighted by atomic mass is 9.96. The fourth-order valence-corrected chi connectivity index (χ4v) is 4.74. The number of hydrogen-bond acceptors (Lipinski definition) is 4. The second-order valence-corrected chi connectivity index (χ2v) is 9.11. The first kappa shape index (κ1) is 22.6. The Kier molecular flexibility index (Phi) is 7.68. The molecule has 0 atom stereocenters. The molecule has 32 heavy (non-hydrogen) atoms. The molecule has 2 aliphatic rings. The van der Waals surface area contributed by atoms with Gasteiger partial charge < -0.3 is 20.0 Å². The molecule has 0 bridgehead atoms. The van der Waals surface area contributed by atoms with Gasteiger partial charge in [0.2, 0.25) is 5.91 Å². The number of urea groups is 1. The van der Waals surface area contributed by atoms with Crippen LogP contribution in [0.2, 0.25) is 5.02 Å². The van der Waals surface area contributed by atoms with Gasteiger partial charge in [-0.15, -0.1) is 0 Å². The Morgan fingerprint density at radius 1 is 1.03 bits per heavy atom. The van der Waals surface area contributed by atoms with Gasteiger partial charge in [0.25, 0.3) is 0 Å². The summed E-state index contributed by atoms with van der Waals surface area (Å²) in [6.07, 6.45) is 9.81. The number of likely N-dealkylation sites (tertiary alicyclic amines) is 1. The van der Waals surface area contributed by atoms with Crippen LogP contribution >= 0.6 is 11.6 Å². The Hall–Kier alpha value is -2.54. The number of carbonyl (C=O) groups is 2. The van der Waals surface area contributed by atoms with Crippen molar-refractivity contribution in [3.8, 4) is 11.3 Å². The van der Waals surface area contributed by atoms with Gasteiger partial charge >= 0.3 is 6.03 Å². The minimum atomic E-state index is -0.0695. The van der Waals surface area contributed by atoms with Gasteiger partial charge in [-0.05, 0) is 37.8 Å². The molecule has 2 heterocycles. The third-order valence-electron chi connectivity index (χ3n) is 6.37. The summed E-state index contributed by atoms with van der Waals surface area (Å²) in [5, 5.41) is 6.79. The highest BCUT2D eigenvalue weighted by Crippen LogP contribution is 2.28. The van der Waals surface area contributed by atoms with Crippen molar-refractivity contribution >= 4 is 23.5 Å². The van der Waals surface area contributed by atoms with Gasteiger partial charge in [-0.1, -0.05) is 43.0 Å². The molecule has 7 nitrogen and oxygen atoms in total.